The van der Waals surface area contributed by atoms with E-state index in [0.717, 1.165) is 39.3 Å². The van der Waals surface area contributed by atoms with Gasteiger partial charge in [0, 0.05) is 29.2 Å². The molecule has 3 aromatic carbocycles. The Bertz CT molecular complexity index is 1500. The first-order valence-corrected chi connectivity index (χ1v) is 15.7. The van der Waals surface area contributed by atoms with Gasteiger partial charge in [-0.3, -0.25) is 14.5 Å². The van der Waals surface area contributed by atoms with Crippen LogP contribution in [0.2, 0.25) is 5.02 Å². The number of carboxylic acid groups (broad SMARTS) is 1. The highest BCUT2D eigenvalue weighted by Crippen LogP contribution is 2.49. The lowest BCUT2D eigenvalue weighted by atomic mass is 9.81. The van der Waals surface area contributed by atoms with Gasteiger partial charge in [0.2, 0.25) is 12.7 Å². The van der Waals surface area contributed by atoms with Gasteiger partial charge < -0.3 is 24.6 Å². The maximum Gasteiger partial charge on any atom is 0.309 e. The van der Waals surface area contributed by atoms with Crippen LogP contribution in [0.1, 0.15) is 67.5 Å². The molecule has 44 heavy (non-hydrogen) atoms. The molecule has 0 saturated carbocycles. The Kier molecular flexibility index (Phi) is 9.71. The topological polar surface area (TPSA) is 97.3 Å². The summed E-state index contributed by atoms with van der Waals surface area (Å²) in [4.78, 5) is 28.8. The van der Waals surface area contributed by atoms with Crippen LogP contribution in [0, 0.1) is 18.8 Å². The van der Waals surface area contributed by atoms with Crippen LogP contribution in [0.5, 0.6) is 17.2 Å². The number of benzene rings is 3. The van der Waals surface area contributed by atoms with Gasteiger partial charge in [-0.05, 0) is 83.8 Å². The van der Waals surface area contributed by atoms with Gasteiger partial charge >= 0.3 is 5.97 Å². The standard InChI is InChI=1S/C35H41ClN2O6/c1-6-22-14-25(36)15-23(7-2)32(22)37-30(39)17-38-16-28(27-12-13-29-34(21(27)5)44-19-43-29)31(35(40)41)33(38)24-8-10-26(11-9-24)42-18-20(3)4/h8-15,20,28,31,33H,6-7,16-19H2,1-5H3,(H,37,39)(H,40,41)/t28-,31?,33+/m1/s1. The number of aryl methyl sites for hydroxylation is 2. The van der Waals surface area contributed by atoms with Crippen molar-refractivity contribution in [3.05, 3.63) is 81.4 Å². The van der Waals surface area contributed by atoms with Gasteiger partial charge in [-0.2, -0.15) is 0 Å². The molecule has 2 heterocycles. The fraction of sp³-hybridized carbons (Fsp3) is 0.429. The highest BCUT2D eigenvalue weighted by molar-refractivity contribution is 6.30. The Balaban J connectivity index is 1.50. The van der Waals surface area contributed by atoms with Gasteiger partial charge in [0.1, 0.15) is 5.75 Å². The molecular weight excluding hydrogens is 580 g/mol. The molecule has 1 amide bonds. The van der Waals surface area contributed by atoms with Gasteiger partial charge in [0.25, 0.3) is 0 Å². The van der Waals surface area contributed by atoms with Crippen molar-refractivity contribution in [1.29, 1.82) is 0 Å². The summed E-state index contributed by atoms with van der Waals surface area (Å²) in [5.41, 5.74) is 5.28. The van der Waals surface area contributed by atoms with Crippen LogP contribution in [0.15, 0.2) is 48.5 Å². The van der Waals surface area contributed by atoms with E-state index in [9.17, 15) is 14.7 Å². The number of hydrogen-bond acceptors (Lipinski definition) is 6. The van der Waals surface area contributed by atoms with Crippen molar-refractivity contribution in [3.8, 4) is 17.2 Å². The maximum absolute atomic E-state index is 13.7. The van der Waals surface area contributed by atoms with E-state index in [2.05, 4.69) is 19.2 Å². The van der Waals surface area contributed by atoms with Crippen molar-refractivity contribution in [3.63, 3.8) is 0 Å². The first-order valence-electron chi connectivity index (χ1n) is 15.3. The lowest BCUT2D eigenvalue weighted by Crippen LogP contribution is -2.35. The van der Waals surface area contributed by atoms with Crippen molar-refractivity contribution < 1.29 is 28.9 Å². The minimum atomic E-state index is -0.917. The first-order chi connectivity index (χ1) is 21.1. The molecule has 3 aromatic rings. The molecule has 0 aromatic heterocycles. The van der Waals surface area contributed by atoms with E-state index in [4.69, 9.17) is 25.8 Å². The molecule has 0 spiro atoms. The number of anilines is 1. The van der Waals surface area contributed by atoms with Crippen LogP contribution in [0.25, 0.3) is 0 Å². The van der Waals surface area contributed by atoms with Crippen LogP contribution in [0.4, 0.5) is 5.69 Å². The average Bonchev–Trinajstić information content (AvgIpc) is 3.63. The van der Waals surface area contributed by atoms with Gasteiger partial charge in [-0.1, -0.05) is 57.5 Å². The first kappa shape index (κ1) is 31.7. The summed E-state index contributed by atoms with van der Waals surface area (Å²) in [6.45, 7) is 11.3. The van der Waals surface area contributed by atoms with E-state index in [1.54, 1.807) is 0 Å². The maximum atomic E-state index is 13.7. The lowest BCUT2D eigenvalue weighted by Gasteiger charge is -2.27. The molecule has 0 aliphatic carbocycles. The lowest BCUT2D eigenvalue weighted by molar-refractivity contribution is -0.143. The molecular formula is C35H41ClN2O6. The highest BCUT2D eigenvalue weighted by Gasteiger charge is 2.48. The van der Waals surface area contributed by atoms with Crippen LogP contribution in [-0.2, 0) is 22.4 Å². The van der Waals surface area contributed by atoms with Crippen LogP contribution >= 0.6 is 11.6 Å². The molecule has 0 radical (unpaired) electrons. The van der Waals surface area contributed by atoms with Crippen LogP contribution in [0.3, 0.4) is 0 Å². The molecule has 2 N–H and O–H groups in total. The largest absolute Gasteiger partial charge is 0.493 e. The van der Waals surface area contributed by atoms with E-state index in [0.29, 0.717) is 48.4 Å². The van der Waals surface area contributed by atoms with Crippen LogP contribution < -0.4 is 19.5 Å². The summed E-state index contributed by atoms with van der Waals surface area (Å²) in [5.74, 6) is 0.0895. The molecule has 2 aliphatic heterocycles. The SMILES string of the molecule is CCc1cc(Cl)cc(CC)c1NC(=O)CN1C[C@H](c2ccc3c(c2C)OCO3)C(C(=O)O)[C@@H]1c1ccc(OCC(C)C)cc1. The minimum Gasteiger partial charge on any atom is -0.493 e. The number of halogens is 1. The van der Waals surface area contributed by atoms with E-state index >= 15 is 0 Å². The minimum absolute atomic E-state index is 0.0229. The number of nitrogens with zero attached hydrogens (tertiary/aromatic N) is 1. The third-order valence-corrected chi connectivity index (χ3v) is 8.77. The monoisotopic (exact) mass is 620 g/mol. The molecule has 3 atom stereocenters. The normalized spacial score (nSPS) is 19.4. The molecule has 1 saturated heterocycles. The van der Waals surface area contributed by atoms with Crippen molar-refractivity contribution in [2.45, 2.75) is 59.4 Å². The molecule has 2 aliphatic rings. The Morgan fingerprint density at radius 3 is 2.36 bits per heavy atom. The molecule has 234 valence electrons. The number of likely N-dealkylation sites (tertiary alicyclic amines) is 1. The van der Waals surface area contributed by atoms with Crippen LogP contribution in [-0.4, -0.2) is 48.4 Å². The molecule has 1 unspecified atom stereocenters. The number of carbonyl (C=O) groups is 2. The van der Waals surface area contributed by atoms with Crippen molar-refractivity contribution in [2.75, 3.05) is 31.8 Å². The molecule has 0 bridgehead atoms. The Morgan fingerprint density at radius 1 is 1.07 bits per heavy atom. The number of nitrogens with one attached hydrogen (secondary N) is 1. The molecule has 5 rings (SSSR count). The molecule has 9 heteroatoms. The van der Waals surface area contributed by atoms with Gasteiger partial charge in [0.15, 0.2) is 11.5 Å². The van der Waals surface area contributed by atoms with Crippen molar-refractivity contribution in [2.24, 2.45) is 11.8 Å². The summed E-state index contributed by atoms with van der Waals surface area (Å²) >= 11 is 6.35. The van der Waals surface area contributed by atoms with Crippen molar-refractivity contribution >= 4 is 29.2 Å². The fourth-order valence-corrected chi connectivity index (χ4v) is 6.73. The predicted molar refractivity (Wildman–Crippen MR) is 171 cm³/mol. The molecule has 1 fully saturated rings. The van der Waals surface area contributed by atoms with Gasteiger partial charge in [-0.25, -0.2) is 0 Å². The fourth-order valence-electron chi connectivity index (χ4n) is 6.47. The Morgan fingerprint density at radius 2 is 1.75 bits per heavy atom. The Hall–Kier alpha value is -3.75. The Labute approximate surface area is 264 Å². The van der Waals surface area contributed by atoms with E-state index < -0.39 is 17.9 Å². The zero-order valence-electron chi connectivity index (χ0n) is 26.0. The number of amides is 1. The van der Waals surface area contributed by atoms with Gasteiger partial charge in [-0.15, -0.1) is 0 Å². The zero-order valence-corrected chi connectivity index (χ0v) is 26.7. The summed E-state index contributed by atoms with van der Waals surface area (Å²) in [5, 5.41) is 14.5. The quantitative estimate of drug-likeness (QED) is 0.238. The summed E-state index contributed by atoms with van der Waals surface area (Å²) in [6, 6.07) is 14.6. The third-order valence-electron chi connectivity index (χ3n) is 8.56. The number of fused-ring (bicyclic) bond motifs is 1. The highest BCUT2D eigenvalue weighted by atomic mass is 35.5. The average molecular weight is 621 g/mol. The second-order valence-corrected chi connectivity index (χ2v) is 12.4. The number of carboxylic acids is 1. The van der Waals surface area contributed by atoms with Gasteiger partial charge in [0.05, 0.1) is 19.1 Å². The number of ether oxygens (including phenoxy) is 3. The second kappa shape index (κ2) is 13.5. The van der Waals surface area contributed by atoms with Crippen molar-refractivity contribution in [1.82, 2.24) is 4.90 Å². The smallest absolute Gasteiger partial charge is 0.309 e. The molecule has 8 nitrogen and oxygen atoms in total. The van der Waals surface area contributed by atoms with E-state index in [-0.39, 0.29) is 25.2 Å². The predicted octanol–water partition coefficient (Wildman–Crippen LogP) is 7.02. The third kappa shape index (κ3) is 6.52. The van der Waals surface area contributed by atoms with E-state index in [1.807, 2.05) is 74.2 Å². The second-order valence-electron chi connectivity index (χ2n) is 12.0. The number of aliphatic carboxylic acids is 1. The zero-order chi connectivity index (χ0) is 31.5. The number of carbonyl (C=O) groups excluding carboxylic acids is 1. The summed E-state index contributed by atoms with van der Waals surface area (Å²) in [7, 11) is 0. The summed E-state index contributed by atoms with van der Waals surface area (Å²) in [6.07, 6.45) is 1.43. The van der Waals surface area contributed by atoms with E-state index in [1.165, 1.54) is 0 Å². The summed E-state index contributed by atoms with van der Waals surface area (Å²) < 4.78 is 17.2. The number of rotatable bonds is 11. The number of hydrogen-bond donors (Lipinski definition) is 2.